The van der Waals surface area contributed by atoms with Crippen LogP contribution in [0.25, 0.3) is 20.7 Å². The molecule has 4 heterocycles. The molecular formula is C19H16N4O3S3. The van der Waals surface area contributed by atoms with Crippen molar-refractivity contribution in [3.05, 3.63) is 57.7 Å². The van der Waals surface area contributed by atoms with Crippen LogP contribution in [0.15, 0.2) is 56.1 Å². The van der Waals surface area contributed by atoms with Crippen molar-refractivity contribution >= 4 is 56.4 Å². The van der Waals surface area contributed by atoms with Crippen molar-refractivity contribution in [2.45, 2.75) is 18.6 Å². The van der Waals surface area contributed by atoms with Crippen molar-refractivity contribution in [2.24, 2.45) is 0 Å². The Balaban J connectivity index is 1.63. The van der Waals surface area contributed by atoms with Crippen molar-refractivity contribution in [3.63, 3.8) is 0 Å². The monoisotopic (exact) mass is 444 g/mol. The van der Waals surface area contributed by atoms with Gasteiger partial charge in [0, 0.05) is 28.4 Å². The number of hydrogen-bond donors (Lipinski definition) is 1. The maximum atomic E-state index is 13.2. The maximum absolute atomic E-state index is 13.2. The summed E-state index contributed by atoms with van der Waals surface area (Å²) in [6.45, 7) is 5.80. The lowest BCUT2D eigenvalue weighted by molar-refractivity contribution is -0.113. The molecule has 148 valence electrons. The highest BCUT2D eigenvalue weighted by Gasteiger charge is 2.18. The quantitative estimate of drug-likeness (QED) is 0.258. The number of hydrogen-bond acceptors (Lipinski definition) is 8. The van der Waals surface area contributed by atoms with E-state index in [1.54, 1.807) is 35.0 Å². The van der Waals surface area contributed by atoms with Gasteiger partial charge in [-0.25, -0.2) is 4.98 Å². The number of thiophene rings is 2. The minimum atomic E-state index is -0.256. The van der Waals surface area contributed by atoms with Crippen LogP contribution in [0.2, 0.25) is 0 Å². The third-order valence-electron chi connectivity index (χ3n) is 3.98. The lowest BCUT2D eigenvalue weighted by Gasteiger charge is -2.10. The van der Waals surface area contributed by atoms with E-state index in [2.05, 4.69) is 22.0 Å². The lowest BCUT2D eigenvalue weighted by Crippen LogP contribution is -2.23. The first-order valence-electron chi connectivity index (χ1n) is 8.59. The second kappa shape index (κ2) is 8.36. The molecule has 0 bridgehead atoms. The van der Waals surface area contributed by atoms with E-state index in [9.17, 15) is 9.59 Å². The number of fused-ring (bicyclic) bond motifs is 1. The first-order chi connectivity index (χ1) is 14.1. The number of thioether (sulfide) groups is 1. The van der Waals surface area contributed by atoms with Crippen molar-refractivity contribution in [1.82, 2.24) is 14.7 Å². The minimum absolute atomic E-state index is 0.0875. The Labute approximate surface area is 178 Å². The van der Waals surface area contributed by atoms with E-state index < -0.39 is 0 Å². The van der Waals surface area contributed by atoms with E-state index in [4.69, 9.17) is 4.52 Å². The van der Waals surface area contributed by atoms with E-state index in [1.165, 1.54) is 23.1 Å². The molecule has 0 aliphatic heterocycles. The summed E-state index contributed by atoms with van der Waals surface area (Å²) in [7, 11) is 0. The zero-order valence-electron chi connectivity index (χ0n) is 15.4. The zero-order chi connectivity index (χ0) is 20.4. The van der Waals surface area contributed by atoms with Crippen LogP contribution in [0.4, 0.5) is 5.82 Å². The smallest absolute Gasteiger partial charge is 0.263 e. The van der Waals surface area contributed by atoms with Gasteiger partial charge in [0.15, 0.2) is 11.0 Å². The van der Waals surface area contributed by atoms with Crippen LogP contribution < -0.4 is 10.9 Å². The van der Waals surface area contributed by atoms with Gasteiger partial charge in [0.2, 0.25) is 5.91 Å². The van der Waals surface area contributed by atoms with Gasteiger partial charge in [-0.05, 0) is 18.4 Å². The molecule has 0 aromatic carbocycles. The molecule has 0 spiro atoms. The molecule has 10 heteroatoms. The number of aromatic nitrogens is 3. The summed E-state index contributed by atoms with van der Waals surface area (Å²) in [4.78, 5) is 31.8. The molecule has 1 amide bonds. The Morgan fingerprint density at radius 1 is 1.45 bits per heavy atom. The second-order valence-electron chi connectivity index (χ2n) is 6.07. The third-order valence-corrected chi connectivity index (χ3v) is 6.74. The fraction of sp³-hybridized carbons (Fsp3) is 0.158. The largest absolute Gasteiger partial charge is 0.360 e. The molecule has 7 nitrogen and oxygen atoms in total. The summed E-state index contributed by atoms with van der Waals surface area (Å²) in [6, 6.07) is 5.58. The van der Waals surface area contributed by atoms with Gasteiger partial charge in [0.1, 0.15) is 10.6 Å². The average molecular weight is 445 g/mol. The Morgan fingerprint density at radius 2 is 2.31 bits per heavy atom. The normalized spacial score (nSPS) is 11.1. The number of anilines is 1. The highest BCUT2D eigenvalue weighted by Crippen LogP contribution is 2.34. The SMILES string of the molecule is C=CCn1c(SCC(=O)Nc2cc(C)on2)nc2scc(-c3cccs3)c2c1=O. The highest BCUT2D eigenvalue weighted by molar-refractivity contribution is 7.99. The number of nitrogens with one attached hydrogen (secondary N) is 1. The van der Waals surface area contributed by atoms with Crippen molar-refractivity contribution in [3.8, 4) is 10.4 Å². The molecule has 4 rings (SSSR count). The predicted molar refractivity (Wildman–Crippen MR) is 118 cm³/mol. The first kappa shape index (κ1) is 19.6. The Morgan fingerprint density at radius 3 is 3.00 bits per heavy atom. The summed E-state index contributed by atoms with van der Waals surface area (Å²) >= 11 is 4.21. The standard InChI is InChI=1S/C19H16N4O3S3/c1-3-6-23-18(25)16-12(13-5-4-7-27-13)9-28-17(16)21-19(23)29-10-15(24)20-14-8-11(2)26-22-14/h3-5,7-9H,1,6,10H2,2H3,(H,20,22,24). The van der Waals surface area contributed by atoms with Crippen molar-refractivity contribution in [2.75, 3.05) is 11.1 Å². The van der Waals surface area contributed by atoms with Crippen LogP contribution in [0.5, 0.6) is 0 Å². The highest BCUT2D eigenvalue weighted by atomic mass is 32.2. The number of allylic oxidation sites excluding steroid dienone is 1. The van der Waals surface area contributed by atoms with Gasteiger partial charge in [-0.1, -0.05) is 29.1 Å². The molecular weight excluding hydrogens is 428 g/mol. The number of nitrogens with zero attached hydrogens (tertiary/aromatic N) is 3. The van der Waals surface area contributed by atoms with Crippen LogP contribution >= 0.6 is 34.4 Å². The van der Waals surface area contributed by atoms with Crippen LogP contribution in [-0.2, 0) is 11.3 Å². The molecule has 0 fully saturated rings. The maximum Gasteiger partial charge on any atom is 0.263 e. The predicted octanol–water partition coefficient (Wildman–Crippen LogP) is 4.40. The van der Waals surface area contributed by atoms with Crippen LogP contribution in [-0.4, -0.2) is 26.4 Å². The Hall–Kier alpha value is -2.69. The van der Waals surface area contributed by atoms with Gasteiger partial charge >= 0.3 is 0 Å². The van der Waals surface area contributed by atoms with E-state index in [1.807, 2.05) is 22.9 Å². The molecule has 4 aromatic rings. The number of carbonyl (C=O) groups is 1. The molecule has 0 radical (unpaired) electrons. The molecule has 1 N–H and O–H groups in total. The molecule has 0 aliphatic rings. The summed E-state index contributed by atoms with van der Waals surface area (Å²) in [5.74, 6) is 0.802. The number of rotatable bonds is 7. The molecule has 0 saturated carbocycles. The fourth-order valence-electron chi connectivity index (χ4n) is 2.75. The molecule has 29 heavy (non-hydrogen) atoms. The van der Waals surface area contributed by atoms with Crippen LogP contribution in [0.1, 0.15) is 5.76 Å². The van der Waals surface area contributed by atoms with E-state index in [0.717, 1.165) is 10.4 Å². The van der Waals surface area contributed by atoms with Crippen LogP contribution in [0, 0.1) is 6.92 Å². The van der Waals surface area contributed by atoms with Gasteiger partial charge in [-0.3, -0.25) is 14.2 Å². The summed E-state index contributed by atoms with van der Waals surface area (Å²) in [5, 5.41) is 11.4. The lowest BCUT2D eigenvalue weighted by atomic mass is 10.2. The fourth-order valence-corrected chi connectivity index (χ4v) is 5.36. The topological polar surface area (TPSA) is 90.0 Å². The molecule has 4 aromatic heterocycles. The Bertz CT molecular complexity index is 1240. The van der Waals surface area contributed by atoms with E-state index >= 15 is 0 Å². The van der Waals surface area contributed by atoms with Gasteiger partial charge in [-0.2, -0.15) is 0 Å². The zero-order valence-corrected chi connectivity index (χ0v) is 17.8. The van der Waals surface area contributed by atoms with Crippen molar-refractivity contribution in [1.29, 1.82) is 0 Å². The van der Waals surface area contributed by atoms with E-state index in [-0.39, 0.29) is 17.2 Å². The van der Waals surface area contributed by atoms with Gasteiger partial charge < -0.3 is 9.84 Å². The average Bonchev–Trinajstić information content (AvgIpc) is 3.43. The molecule has 0 atom stereocenters. The minimum Gasteiger partial charge on any atom is -0.360 e. The number of carbonyl (C=O) groups excluding carboxylic acids is 1. The van der Waals surface area contributed by atoms with Gasteiger partial charge in [-0.15, -0.1) is 29.3 Å². The summed E-state index contributed by atoms with van der Waals surface area (Å²) < 4.78 is 6.49. The number of amides is 1. The third kappa shape index (κ3) is 4.04. The Kier molecular flexibility index (Phi) is 5.65. The molecule has 0 unspecified atom stereocenters. The van der Waals surface area contributed by atoms with Gasteiger partial charge in [0.25, 0.3) is 5.56 Å². The van der Waals surface area contributed by atoms with Gasteiger partial charge in [0.05, 0.1) is 11.1 Å². The second-order valence-corrected chi connectivity index (χ2v) is 8.81. The number of aryl methyl sites for hydroxylation is 1. The summed E-state index contributed by atoms with van der Waals surface area (Å²) in [6.07, 6.45) is 1.65. The summed E-state index contributed by atoms with van der Waals surface area (Å²) in [5.41, 5.74) is 0.764. The first-order valence-corrected chi connectivity index (χ1v) is 11.3. The van der Waals surface area contributed by atoms with E-state index in [0.29, 0.717) is 33.5 Å². The van der Waals surface area contributed by atoms with Crippen molar-refractivity contribution < 1.29 is 9.32 Å². The van der Waals surface area contributed by atoms with Crippen LogP contribution in [0.3, 0.4) is 0 Å². The molecule has 0 aliphatic carbocycles. The molecule has 0 saturated heterocycles.